The van der Waals surface area contributed by atoms with Crippen LogP contribution < -0.4 is 4.74 Å². The fraction of sp³-hybridized carbons (Fsp3) is 0.188. The van der Waals surface area contributed by atoms with Gasteiger partial charge in [0.2, 0.25) is 0 Å². The number of carbonyl (C=O) groups is 1. The van der Waals surface area contributed by atoms with E-state index in [0.717, 1.165) is 10.6 Å². The topological polar surface area (TPSA) is 55.8 Å². The van der Waals surface area contributed by atoms with E-state index >= 15 is 0 Å². The Morgan fingerprint density at radius 2 is 1.95 bits per heavy atom. The minimum Gasteiger partial charge on any atom is -0.506 e. The molecule has 0 unspecified atom stereocenters. The van der Waals surface area contributed by atoms with Crippen LogP contribution in [0, 0.1) is 0 Å². The Balaban J connectivity index is 2.30. The van der Waals surface area contributed by atoms with Gasteiger partial charge in [-0.25, -0.2) is 4.79 Å². The second-order valence-electron chi connectivity index (χ2n) is 4.36. The van der Waals surface area contributed by atoms with Crippen LogP contribution in [0.2, 0.25) is 0 Å². The lowest BCUT2D eigenvalue weighted by atomic mass is 10.1. The molecule has 0 fully saturated rings. The molecule has 4 nitrogen and oxygen atoms in total. The molecule has 0 aliphatic heterocycles. The van der Waals surface area contributed by atoms with Gasteiger partial charge < -0.3 is 14.6 Å². The van der Waals surface area contributed by atoms with Gasteiger partial charge in [-0.1, -0.05) is 18.2 Å². The first-order valence-corrected chi connectivity index (χ1v) is 8.20. The molecule has 1 N–H and O–H groups in total. The molecule has 0 bridgehead atoms. The standard InChI is InChI=1S/C16H15BrO4S/c1-20-12-5-3-4-6-13(12)22-9-10-7-8-11(17)15(18)14(10)16(19)21-2/h3-8,18H,9H2,1-2H3. The zero-order valence-corrected chi connectivity index (χ0v) is 14.5. The average molecular weight is 383 g/mol. The van der Waals surface area contributed by atoms with E-state index < -0.39 is 5.97 Å². The Morgan fingerprint density at radius 3 is 2.64 bits per heavy atom. The van der Waals surface area contributed by atoms with Crippen LogP contribution in [0.25, 0.3) is 0 Å². The largest absolute Gasteiger partial charge is 0.506 e. The first kappa shape index (κ1) is 16.7. The molecular weight excluding hydrogens is 368 g/mol. The van der Waals surface area contributed by atoms with Crippen molar-refractivity contribution < 1.29 is 19.4 Å². The predicted molar refractivity (Wildman–Crippen MR) is 89.7 cm³/mol. The fourth-order valence-corrected chi connectivity index (χ4v) is 3.30. The third-order valence-corrected chi connectivity index (χ3v) is 4.80. The lowest BCUT2D eigenvalue weighted by Gasteiger charge is -2.12. The number of methoxy groups -OCH3 is 2. The number of rotatable bonds is 5. The van der Waals surface area contributed by atoms with Crippen LogP contribution in [0.3, 0.4) is 0 Å². The first-order chi connectivity index (χ1) is 10.6. The van der Waals surface area contributed by atoms with Crippen LogP contribution in [0.4, 0.5) is 0 Å². The molecule has 0 radical (unpaired) electrons. The van der Waals surface area contributed by atoms with Crippen molar-refractivity contribution in [1.82, 2.24) is 0 Å². The quantitative estimate of drug-likeness (QED) is 0.618. The Kier molecular flexibility index (Phi) is 5.74. The average Bonchev–Trinajstić information content (AvgIpc) is 2.55. The molecular formula is C16H15BrO4S. The van der Waals surface area contributed by atoms with Gasteiger partial charge in [0.05, 0.1) is 18.7 Å². The fourth-order valence-electron chi connectivity index (χ4n) is 1.95. The van der Waals surface area contributed by atoms with Crippen LogP contribution >= 0.6 is 27.7 Å². The van der Waals surface area contributed by atoms with Gasteiger partial charge in [-0.05, 0) is 39.7 Å². The molecule has 2 aromatic carbocycles. The van der Waals surface area contributed by atoms with Gasteiger partial charge in [-0.3, -0.25) is 0 Å². The Bertz CT molecular complexity index is 688. The van der Waals surface area contributed by atoms with E-state index in [4.69, 9.17) is 9.47 Å². The maximum Gasteiger partial charge on any atom is 0.341 e. The number of para-hydroxylation sites is 1. The molecule has 116 valence electrons. The van der Waals surface area contributed by atoms with Crippen molar-refractivity contribution in [2.45, 2.75) is 10.6 Å². The third-order valence-electron chi connectivity index (χ3n) is 3.06. The summed E-state index contributed by atoms with van der Waals surface area (Å²) in [5, 5.41) is 10.1. The molecule has 0 heterocycles. The monoisotopic (exact) mass is 382 g/mol. The van der Waals surface area contributed by atoms with Gasteiger partial charge >= 0.3 is 5.97 Å². The van der Waals surface area contributed by atoms with E-state index in [1.165, 1.54) is 18.9 Å². The minimum atomic E-state index is -0.561. The van der Waals surface area contributed by atoms with Crippen molar-refractivity contribution >= 4 is 33.7 Å². The molecule has 22 heavy (non-hydrogen) atoms. The summed E-state index contributed by atoms with van der Waals surface area (Å²) >= 11 is 4.73. The Labute approximate surface area is 141 Å². The molecule has 0 aliphatic carbocycles. The number of benzene rings is 2. The summed E-state index contributed by atoms with van der Waals surface area (Å²) in [7, 11) is 2.91. The lowest BCUT2D eigenvalue weighted by molar-refractivity contribution is 0.0596. The molecule has 6 heteroatoms. The van der Waals surface area contributed by atoms with Gasteiger partial charge in [0.25, 0.3) is 0 Å². The predicted octanol–water partition coefficient (Wildman–Crippen LogP) is 4.24. The molecule has 0 spiro atoms. The number of hydrogen-bond acceptors (Lipinski definition) is 5. The van der Waals surface area contributed by atoms with E-state index in [1.807, 2.05) is 24.3 Å². The highest BCUT2D eigenvalue weighted by atomic mass is 79.9. The van der Waals surface area contributed by atoms with Crippen molar-refractivity contribution in [2.24, 2.45) is 0 Å². The molecule has 0 saturated carbocycles. The highest BCUT2D eigenvalue weighted by molar-refractivity contribution is 9.10. The van der Waals surface area contributed by atoms with Gasteiger partial charge in [0, 0.05) is 10.6 Å². The third kappa shape index (κ3) is 3.56. The number of phenolic OH excluding ortho intramolecular Hbond substituents is 1. The molecule has 2 rings (SSSR count). The van der Waals surface area contributed by atoms with Gasteiger partial charge in [0.15, 0.2) is 0 Å². The number of ether oxygens (including phenoxy) is 2. The second kappa shape index (κ2) is 7.56. The summed E-state index contributed by atoms with van der Waals surface area (Å²) in [6.45, 7) is 0. The summed E-state index contributed by atoms with van der Waals surface area (Å²) in [5.41, 5.74) is 0.878. The van der Waals surface area contributed by atoms with Crippen molar-refractivity contribution in [3.63, 3.8) is 0 Å². The Morgan fingerprint density at radius 1 is 1.23 bits per heavy atom. The van der Waals surface area contributed by atoms with Crippen LogP contribution in [0.5, 0.6) is 11.5 Å². The number of thioether (sulfide) groups is 1. The summed E-state index contributed by atoms with van der Waals surface area (Å²) in [6, 6.07) is 11.1. The first-order valence-electron chi connectivity index (χ1n) is 6.43. The number of phenols is 1. The zero-order chi connectivity index (χ0) is 16.1. The summed E-state index contributed by atoms with van der Waals surface area (Å²) in [6.07, 6.45) is 0. The number of halogens is 1. The molecule has 0 saturated heterocycles. The summed E-state index contributed by atoms with van der Waals surface area (Å²) in [5.74, 6) is 0.610. The maximum absolute atomic E-state index is 11.9. The molecule has 0 amide bonds. The number of aromatic hydroxyl groups is 1. The van der Waals surface area contributed by atoms with Gasteiger partial charge in [0.1, 0.15) is 17.1 Å². The number of carbonyl (C=O) groups excluding carboxylic acids is 1. The zero-order valence-electron chi connectivity index (χ0n) is 12.1. The molecule has 0 aliphatic rings. The lowest BCUT2D eigenvalue weighted by Crippen LogP contribution is -2.06. The normalized spacial score (nSPS) is 10.3. The highest BCUT2D eigenvalue weighted by Crippen LogP contribution is 2.36. The van der Waals surface area contributed by atoms with E-state index in [1.54, 1.807) is 19.2 Å². The van der Waals surface area contributed by atoms with Crippen LogP contribution in [-0.4, -0.2) is 25.3 Å². The Hall–Kier alpha value is -1.66. The van der Waals surface area contributed by atoms with Crippen LogP contribution in [-0.2, 0) is 10.5 Å². The van der Waals surface area contributed by atoms with Crippen molar-refractivity contribution in [1.29, 1.82) is 0 Å². The molecule has 2 aromatic rings. The van der Waals surface area contributed by atoms with Crippen molar-refractivity contribution in [3.8, 4) is 11.5 Å². The van der Waals surface area contributed by atoms with E-state index in [-0.39, 0.29) is 11.3 Å². The van der Waals surface area contributed by atoms with E-state index in [9.17, 15) is 9.90 Å². The van der Waals surface area contributed by atoms with Crippen molar-refractivity contribution in [3.05, 3.63) is 52.0 Å². The molecule has 0 atom stereocenters. The van der Waals surface area contributed by atoms with E-state index in [2.05, 4.69) is 15.9 Å². The van der Waals surface area contributed by atoms with Crippen LogP contribution in [0.1, 0.15) is 15.9 Å². The highest BCUT2D eigenvalue weighted by Gasteiger charge is 2.19. The van der Waals surface area contributed by atoms with Gasteiger partial charge in [-0.15, -0.1) is 11.8 Å². The van der Waals surface area contributed by atoms with Crippen molar-refractivity contribution in [2.75, 3.05) is 14.2 Å². The smallest absolute Gasteiger partial charge is 0.341 e. The maximum atomic E-state index is 11.9. The summed E-state index contributed by atoms with van der Waals surface area (Å²) in [4.78, 5) is 12.9. The number of hydrogen-bond donors (Lipinski definition) is 1. The second-order valence-corrected chi connectivity index (χ2v) is 6.23. The SMILES string of the molecule is COC(=O)c1c(CSc2ccccc2OC)ccc(Br)c1O. The number of esters is 1. The van der Waals surface area contributed by atoms with Gasteiger partial charge in [-0.2, -0.15) is 0 Å². The molecule has 0 aromatic heterocycles. The van der Waals surface area contributed by atoms with E-state index in [0.29, 0.717) is 15.8 Å². The van der Waals surface area contributed by atoms with Crippen LogP contribution in [0.15, 0.2) is 45.8 Å². The minimum absolute atomic E-state index is 0.107. The summed E-state index contributed by atoms with van der Waals surface area (Å²) < 4.78 is 10.5.